The molecule has 0 aliphatic rings. The van der Waals surface area contributed by atoms with Gasteiger partial charge in [-0.3, -0.25) is 8.98 Å². The van der Waals surface area contributed by atoms with Gasteiger partial charge in [0.15, 0.2) is 0 Å². The molecule has 0 saturated carbocycles. The van der Waals surface area contributed by atoms with Crippen LogP contribution >= 0.6 is 0 Å². The lowest BCUT2D eigenvalue weighted by Crippen LogP contribution is -2.14. The third-order valence-corrected chi connectivity index (χ3v) is 4.23. The molecule has 0 atom stereocenters. The Morgan fingerprint density at radius 3 is 2.17 bits per heavy atom. The molecule has 1 aromatic rings. The summed E-state index contributed by atoms with van der Waals surface area (Å²) in [7, 11) is -3.76. The third kappa shape index (κ3) is 8.39. The van der Waals surface area contributed by atoms with Crippen molar-refractivity contribution in [1.29, 1.82) is 0 Å². The lowest BCUT2D eigenvalue weighted by Gasteiger charge is -2.07. The average Bonchev–Trinajstić information content (AvgIpc) is 2.54. The van der Waals surface area contributed by atoms with E-state index < -0.39 is 10.1 Å². The molecular formula is C16H24O7S. The Kier molecular flexibility index (Phi) is 9.55. The van der Waals surface area contributed by atoms with Crippen molar-refractivity contribution in [3.05, 3.63) is 29.8 Å². The molecular weight excluding hydrogens is 336 g/mol. The molecule has 24 heavy (non-hydrogen) atoms. The predicted octanol–water partition coefficient (Wildman–Crippen LogP) is 1.69. The first-order valence-electron chi connectivity index (χ1n) is 7.73. The van der Waals surface area contributed by atoms with Gasteiger partial charge >= 0.3 is 5.97 Å². The molecule has 0 N–H and O–H groups in total. The second kappa shape index (κ2) is 11.1. The van der Waals surface area contributed by atoms with E-state index in [0.717, 1.165) is 5.56 Å². The fraction of sp³-hybridized carbons (Fsp3) is 0.562. The summed E-state index contributed by atoms with van der Waals surface area (Å²) in [6.45, 7) is 4.90. The van der Waals surface area contributed by atoms with Crippen molar-refractivity contribution < 1.29 is 31.6 Å². The van der Waals surface area contributed by atoms with Crippen molar-refractivity contribution >= 4 is 16.1 Å². The molecule has 0 aliphatic carbocycles. The maximum Gasteiger partial charge on any atom is 0.308 e. The summed E-state index contributed by atoms with van der Waals surface area (Å²) in [5, 5.41) is 0. The van der Waals surface area contributed by atoms with Crippen molar-refractivity contribution in [2.75, 3.05) is 39.6 Å². The van der Waals surface area contributed by atoms with Gasteiger partial charge in [-0.1, -0.05) is 17.7 Å². The van der Waals surface area contributed by atoms with Gasteiger partial charge in [0, 0.05) is 0 Å². The Labute approximate surface area is 143 Å². The number of carbonyl (C=O) groups excluding carboxylic acids is 1. The van der Waals surface area contributed by atoms with E-state index in [9.17, 15) is 13.2 Å². The van der Waals surface area contributed by atoms with Crippen molar-refractivity contribution in [3.8, 4) is 0 Å². The van der Waals surface area contributed by atoms with Crippen LogP contribution in [0.5, 0.6) is 0 Å². The second-order valence-corrected chi connectivity index (χ2v) is 6.48. The van der Waals surface area contributed by atoms with Crippen LogP contribution in [0.1, 0.15) is 18.9 Å². The Hall–Kier alpha value is -1.48. The summed E-state index contributed by atoms with van der Waals surface area (Å²) >= 11 is 0. The van der Waals surface area contributed by atoms with Gasteiger partial charge in [-0.25, -0.2) is 0 Å². The van der Waals surface area contributed by atoms with Gasteiger partial charge in [0.1, 0.15) is 0 Å². The standard InChI is InChI=1S/C16H24O7S/c1-3-22-16(17)8-9-20-10-11-21-12-13-23-24(18,19)15-6-4-14(2)5-7-15/h4-7H,3,8-13H2,1-2H3. The molecule has 0 unspecified atom stereocenters. The molecule has 0 saturated heterocycles. The van der Waals surface area contributed by atoms with Gasteiger partial charge in [0.05, 0.1) is 51.0 Å². The van der Waals surface area contributed by atoms with Gasteiger partial charge in [-0.05, 0) is 26.0 Å². The van der Waals surface area contributed by atoms with Crippen LogP contribution < -0.4 is 0 Å². The Morgan fingerprint density at radius 1 is 0.958 bits per heavy atom. The summed E-state index contributed by atoms with van der Waals surface area (Å²) in [6.07, 6.45) is 0.200. The topological polar surface area (TPSA) is 88.1 Å². The molecule has 1 rings (SSSR count). The molecule has 0 bridgehead atoms. The zero-order valence-electron chi connectivity index (χ0n) is 14.0. The minimum atomic E-state index is -3.76. The van der Waals surface area contributed by atoms with Crippen LogP contribution in [0.25, 0.3) is 0 Å². The first-order chi connectivity index (χ1) is 11.5. The van der Waals surface area contributed by atoms with E-state index in [4.69, 9.17) is 18.4 Å². The third-order valence-electron chi connectivity index (χ3n) is 2.90. The maximum absolute atomic E-state index is 11.9. The van der Waals surface area contributed by atoms with Crippen molar-refractivity contribution in [2.45, 2.75) is 25.2 Å². The minimum Gasteiger partial charge on any atom is -0.466 e. The average molecular weight is 360 g/mol. The molecule has 0 radical (unpaired) electrons. The molecule has 136 valence electrons. The highest BCUT2D eigenvalue weighted by atomic mass is 32.2. The number of ether oxygens (including phenoxy) is 3. The maximum atomic E-state index is 11.9. The van der Waals surface area contributed by atoms with Crippen molar-refractivity contribution in [2.24, 2.45) is 0 Å². The van der Waals surface area contributed by atoms with Gasteiger partial charge in [-0.15, -0.1) is 0 Å². The van der Waals surface area contributed by atoms with Crippen molar-refractivity contribution in [1.82, 2.24) is 0 Å². The Balaban J connectivity index is 2.07. The lowest BCUT2D eigenvalue weighted by molar-refractivity contribution is -0.144. The summed E-state index contributed by atoms with van der Waals surface area (Å²) < 4.78 is 43.8. The molecule has 1 aromatic carbocycles. The van der Waals surface area contributed by atoms with Crippen LogP contribution in [-0.2, 0) is 33.3 Å². The summed E-state index contributed by atoms with van der Waals surface area (Å²) in [5.41, 5.74) is 0.972. The quantitative estimate of drug-likeness (QED) is 0.318. The minimum absolute atomic E-state index is 0.0704. The molecule has 0 fully saturated rings. The number of hydrogen-bond acceptors (Lipinski definition) is 7. The van der Waals surface area contributed by atoms with Gasteiger partial charge in [-0.2, -0.15) is 8.42 Å². The van der Waals surface area contributed by atoms with E-state index in [2.05, 4.69) is 0 Å². The highest BCUT2D eigenvalue weighted by Crippen LogP contribution is 2.12. The largest absolute Gasteiger partial charge is 0.466 e. The number of carbonyl (C=O) groups is 1. The zero-order chi connectivity index (χ0) is 17.8. The second-order valence-electron chi connectivity index (χ2n) is 4.87. The van der Waals surface area contributed by atoms with E-state index >= 15 is 0 Å². The van der Waals surface area contributed by atoms with Crippen molar-refractivity contribution in [3.63, 3.8) is 0 Å². The summed E-state index contributed by atoms with van der Waals surface area (Å²) in [4.78, 5) is 11.2. The smallest absolute Gasteiger partial charge is 0.308 e. The molecule has 0 aliphatic heterocycles. The number of rotatable bonds is 12. The van der Waals surface area contributed by atoms with Crippen LogP contribution in [0.3, 0.4) is 0 Å². The highest BCUT2D eigenvalue weighted by molar-refractivity contribution is 7.86. The summed E-state index contributed by atoms with van der Waals surface area (Å²) in [6, 6.07) is 6.42. The molecule has 0 spiro atoms. The Bertz CT molecular complexity index is 581. The summed E-state index contributed by atoms with van der Waals surface area (Å²) in [5.74, 6) is -0.298. The van der Waals surface area contributed by atoms with Crippen LogP contribution in [0, 0.1) is 6.92 Å². The normalized spacial score (nSPS) is 11.4. The molecule has 0 amide bonds. The first-order valence-corrected chi connectivity index (χ1v) is 9.13. The van der Waals surface area contributed by atoms with E-state index in [1.54, 1.807) is 19.1 Å². The van der Waals surface area contributed by atoms with Crippen LogP contribution in [0.2, 0.25) is 0 Å². The van der Waals surface area contributed by atoms with Crippen LogP contribution in [0.15, 0.2) is 29.2 Å². The van der Waals surface area contributed by atoms with Crippen LogP contribution in [0.4, 0.5) is 0 Å². The highest BCUT2D eigenvalue weighted by Gasteiger charge is 2.14. The lowest BCUT2D eigenvalue weighted by atomic mass is 10.2. The zero-order valence-corrected chi connectivity index (χ0v) is 14.8. The van der Waals surface area contributed by atoms with E-state index in [-0.39, 0.29) is 43.7 Å². The first kappa shape index (κ1) is 20.6. The fourth-order valence-corrected chi connectivity index (χ4v) is 2.58. The van der Waals surface area contributed by atoms with E-state index in [0.29, 0.717) is 13.2 Å². The molecule has 8 heteroatoms. The molecule has 7 nitrogen and oxygen atoms in total. The number of esters is 1. The van der Waals surface area contributed by atoms with Gasteiger partial charge in [0.2, 0.25) is 0 Å². The SMILES string of the molecule is CCOC(=O)CCOCCOCCOS(=O)(=O)c1ccc(C)cc1. The molecule has 0 heterocycles. The van der Waals surface area contributed by atoms with Gasteiger partial charge in [0.25, 0.3) is 10.1 Å². The number of benzene rings is 1. The van der Waals surface area contributed by atoms with E-state index in [1.165, 1.54) is 12.1 Å². The number of aryl methyl sites for hydroxylation is 1. The monoisotopic (exact) mass is 360 g/mol. The van der Waals surface area contributed by atoms with Gasteiger partial charge < -0.3 is 14.2 Å². The Morgan fingerprint density at radius 2 is 1.54 bits per heavy atom. The number of hydrogen-bond donors (Lipinski definition) is 0. The predicted molar refractivity (Wildman–Crippen MR) is 87.2 cm³/mol. The fourth-order valence-electron chi connectivity index (χ4n) is 1.69. The van der Waals surface area contributed by atoms with E-state index in [1.807, 2.05) is 6.92 Å². The van der Waals surface area contributed by atoms with Crippen LogP contribution in [-0.4, -0.2) is 54.0 Å². The molecule has 0 aromatic heterocycles.